The molecule has 5 aromatic rings. The molecular formula is C32H33N3O2. The second-order valence-corrected chi connectivity index (χ2v) is 10.2. The standard InChI is InChI=1S/C32H33N3O2/c1-2-3-7-19-35-31(36)25-13-11-22-20-9-8-10-24-27(34-18-6-4-5-17-33)16-15-21(28(20)24)23-12-14-26(32(35)37)30(25)29(22)23/h8-16,34H,2-7,17-19,33H2,1H3. The maximum absolute atomic E-state index is 13.5. The van der Waals surface area contributed by atoms with Crippen LogP contribution >= 0.6 is 0 Å². The summed E-state index contributed by atoms with van der Waals surface area (Å²) >= 11 is 0. The van der Waals surface area contributed by atoms with E-state index in [4.69, 9.17) is 5.73 Å². The topological polar surface area (TPSA) is 75.4 Å². The maximum Gasteiger partial charge on any atom is 0.261 e. The quantitative estimate of drug-likeness (QED) is 0.0949. The molecule has 5 heteroatoms. The highest BCUT2D eigenvalue weighted by Gasteiger charge is 2.33. The fourth-order valence-corrected chi connectivity index (χ4v) is 6.09. The van der Waals surface area contributed by atoms with E-state index >= 15 is 0 Å². The predicted octanol–water partition coefficient (Wildman–Crippen LogP) is 7.06. The Kier molecular flexibility index (Phi) is 6.17. The molecule has 0 saturated heterocycles. The minimum atomic E-state index is -0.171. The molecule has 188 valence electrons. The molecule has 1 aliphatic rings. The summed E-state index contributed by atoms with van der Waals surface area (Å²) in [4.78, 5) is 28.4. The number of nitrogens with one attached hydrogen (secondary N) is 1. The molecule has 3 N–H and O–H groups in total. The van der Waals surface area contributed by atoms with Gasteiger partial charge < -0.3 is 11.1 Å². The van der Waals surface area contributed by atoms with Crippen molar-refractivity contribution in [1.82, 2.24) is 4.90 Å². The number of anilines is 1. The van der Waals surface area contributed by atoms with Crippen LogP contribution in [0.5, 0.6) is 0 Å². The summed E-state index contributed by atoms with van der Waals surface area (Å²) in [5, 5.41) is 12.4. The van der Waals surface area contributed by atoms with Gasteiger partial charge in [-0.25, -0.2) is 0 Å². The van der Waals surface area contributed by atoms with E-state index in [9.17, 15) is 9.59 Å². The normalized spacial score (nSPS) is 13.6. The van der Waals surface area contributed by atoms with Crippen LogP contribution in [0.2, 0.25) is 0 Å². The molecule has 5 nitrogen and oxygen atoms in total. The average Bonchev–Trinajstić information content (AvgIpc) is 2.92. The summed E-state index contributed by atoms with van der Waals surface area (Å²) in [5.74, 6) is -0.342. The molecule has 5 aromatic carbocycles. The highest BCUT2D eigenvalue weighted by Crippen LogP contribution is 2.45. The second-order valence-electron chi connectivity index (χ2n) is 10.2. The molecule has 0 unspecified atom stereocenters. The number of rotatable bonds is 10. The molecule has 0 bridgehead atoms. The van der Waals surface area contributed by atoms with Crippen LogP contribution in [0.1, 0.15) is 66.2 Å². The number of fused-ring (bicyclic) bond motifs is 2. The van der Waals surface area contributed by atoms with Gasteiger partial charge >= 0.3 is 0 Å². The molecule has 0 saturated carbocycles. The van der Waals surface area contributed by atoms with E-state index in [0.717, 1.165) is 89.6 Å². The molecule has 1 heterocycles. The van der Waals surface area contributed by atoms with E-state index in [0.29, 0.717) is 17.7 Å². The molecule has 2 amide bonds. The first kappa shape index (κ1) is 23.7. The molecule has 0 aromatic heterocycles. The van der Waals surface area contributed by atoms with Crippen molar-refractivity contribution in [2.45, 2.75) is 45.4 Å². The van der Waals surface area contributed by atoms with Crippen LogP contribution in [-0.2, 0) is 0 Å². The number of nitrogens with two attached hydrogens (primary N) is 1. The molecule has 0 radical (unpaired) electrons. The Balaban J connectivity index is 1.52. The van der Waals surface area contributed by atoms with Crippen LogP contribution in [-0.4, -0.2) is 36.3 Å². The number of carbonyl (C=O) groups is 2. The number of nitrogens with zero attached hydrogens (tertiary/aromatic N) is 1. The first-order valence-corrected chi connectivity index (χ1v) is 13.6. The summed E-state index contributed by atoms with van der Waals surface area (Å²) in [6.07, 6.45) is 6.15. The van der Waals surface area contributed by atoms with Crippen molar-refractivity contribution in [2.75, 3.05) is 25.0 Å². The molecule has 0 aliphatic carbocycles. The Morgan fingerprint density at radius 3 is 2.03 bits per heavy atom. The number of unbranched alkanes of at least 4 members (excludes halogenated alkanes) is 4. The molecule has 0 atom stereocenters. The van der Waals surface area contributed by atoms with Gasteiger partial charge in [-0.3, -0.25) is 14.5 Å². The molecule has 0 spiro atoms. The lowest BCUT2D eigenvalue weighted by atomic mass is 9.84. The number of benzene rings is 5. The van der Waals surface area contributed by atoms with E-state index < -0.39 is 0 Å². The van der Waals surface area contributed by atoms with Crippen molar-refractivity contribution in [1.29, 1.82) is 0 Å². The van der Waals surface area contributed by atoms with Crippen LogP contribution in [0.25, 0.3) is 43.1 Å². The van der Waals surface area contributed by atoms with Gasteiger partial charge in [0.1, 0.15) is 0 Å². The number of amides is 2. The van der Waals surface area contributed by atoms with Gasteiger partial charge in [0.25, 0.3) is 11.8 Å². The van der Waals surface area contributed by atoms with Crippen LogP contribution in [0, 0.1) is 0 Å². The third-order valence-electron chi connectivity index (χ3n) is 7.91. The van der Waals surface area contributed by atoms with E-state index in [1.54, 1.807) is 0 Å². The van der Waals surface area contributed by atoms with Crippen LogP contribution in [0.3, 0.4) is 0 Å². The SMILES string of the molecule is CCCCCN1C(=O)c2ccc3c4cccc5c(NCCCCCN)ccc(c6ccc(c2c36)C1=O)c54. The minimum Gasteiger partial charge on any atom is -0.385 e. The predicted molar refractivity (Wildman–Crippen MR) is 154 cm³/mol. The number of hydrogen-bond donors (Lipinski definition) is 2. The van der Waals surface area contributed by atoms with Crippen LogP contribution in [0.15, 0.2) is 54.6 Å². The Labute approximate surface area is 216 Å². The first-order valence-electron chi connectivity index (χ1n) is 13.6. The molecular weight excluding hydrogens is 458 g/mol. The second kappa shape index (κ2) is 9.64. The Hall–Kier alpha value is -3.70. The Morgan fingerprint density at radius 2 is 1.32 bits per heavy atom. The number of carbonyl (C=O) groups excluding carboxylic acids is 2. The first-order chi connectivity index (χ1) is 18.2. The van der Waals surface area contributed by atoms with Crippen molar-refractivity contribution in [3.05, 3.63) is 65.7 Å². The largest absolute Gasteiger partial charge is 0.385 e. The number of imide groups is 1. The van der Waals surface area contributed by atoms with Crippen molar-refractivity contribution in [3.63, 3.8) is 0 Å². The smallest absolute Gasteiger partial charge is 0.261 e. The molecule has 6 rings (SSSR count). The summed E-state index contributed by atoms with van der Waals surface area (Å²) < 4.78 is 0. The zero-order valence-corrected chi connectivity index (χ0v) is 21.4. The third-order valence-corrected chi connectivity index (χ3v) is 7.91. The summed E-state index contributed by atoms with van der Waals surface area (Å²) in [6, 6.07) is 18.8. The van der Waals surface area contributed by atoms with E-state index in [2.05, 4.69) is 54.7 Å². The van der Waals surface area contributed by atoms with E-state index in [-0.39, 0.29) is 11.8 Å². The van der Waals surface area contributed by atoms with Gasteiger partial charge in [0, 0.05) is 40.7 Å². The van der Waals surface area contributed by atoms with Gasteiger partial charge in [0.05, 0.1) is 0 Å². The van der Waals surface area contributed by atoms with Crippen molar-refractivity contribution < 1.29 is 9.59 Å². The molecule has 0 fully saturated rings. The molecule has 37 heavy (non-hydrogen) atoms. The van der Waals surface area contributed by atoms with Gasteiger partial charge in [0.2, 0.25) is 0 Å². The third kappa shape index (κ3) is 3.72. The summed E-state index contributed by atoms with van der Waals surface area (Å²) in [7, 11) is 0. The van der Waals surface area contributed by atoms with Crippen molar-refractivity contribution >= 4 is 60.6 Å². The average molecular weight is 492 g/mol. The van der Waals surface area contributed by atoms with Gasteiger partial charge in [-0.2, -0.15) is 0 Å². The fourth-order valence-electron chi connectivity index (χ4n) is 6.09. The lowest BCUT2D eigenvalue weighted by Gasteiger charge is -2.28. The van der Waals surface area contributed by atoms with E-state index in [1.165, 1.54) is 15.7 Å². The lowest BCUT2D eigenvalue weighted by molar-refractivity contribution is 0.0608. The minimum absolute atomic E-state index is 0.171. The van der Waals surface area contributed by atoms with Crippen molar-refractivity contribution in [3.8, 4) is 0 Å². The summed E-state index contributed by atoms with van der Waals surface area (Å²) in [5.41, 5.74) is 8.05. The van der Waals surface area contributed by atoms with Crippen LogP contribution < -0.4 is 11.1 Å². The van der Waals surface area contributed by atoms with Gasteiger partial charge in [-0.05, 0) is 76.3 Å². The highest BCUT2D eigenvalue weighted by atomic mass is 16.2. The molecule has 1 aliphatic heterocycles. The Bertz CT molecular complexity index is 1590. The van der Waals surface area contributed by atoms with Gasteiger partial charge in [-0.15, -0.1) is 0 Å². The lowest BCUT2D eigenvalue weighted by Crippen LogP contribution is -2.40. The van der Waals surface area contributed by atoms with Crippen LogP contribution in [0.4, 0.5) is 5.69 Å². The zero-order chi connectivity index (χ0) is 25.5. The van der Waals surface area contributed by atoms with E-state index in [1.807, 2.05) is 12.1 Å². The number of hydrogen-bond acceptors (Lipinski definition) is 4. The van der Waals surface area contributed by atoms with Crippen molar-refractivity contribution in [2.24, 2.45) is 5.73 Å². The van der Waals surface area contributed by atoms with Gasteiger partial charge in [0.15, 0.2) is 0 Å². The van der Waals surface area contributed by atoms with Gasteiger partial charge in [-0.1, -0.05) is 62.6 Å². The fraction of sp³-hybridized carbons (Fsp3) is 0.312. The maximum atomic E-state index is 13.5. The monoisotopic (exact) mass is 491 g/mol. The summed E-state index contributed by atoms with van der Waals surface area (Å²) in [6.45, 7) is 4.25. The Morgan fingerprint density at radius 1 is 0.676 bits per heavy atom. The highest BCUT2D eigenvalue weighted by molar-refractivity contribution is 6.38. The zero-order valence-electron chi connectivity index (χ0n) is 21.4.